The molecule has 0 saturated carbocycles. The van der Waals surface area contributed by atoms with Crippen molar-refractivity contribution in [2.24, 2.45) is 0 Å². The molecule has 208 valence electrons. The van der Waals surface area contributed by atoms with E-state index in [2.05, 4.69) is 165 Å². The molecule has 0 aliphatic carbocycles. The number of aromatic nitrogens is 3. The van der Waals surface area contributed by atoms with Crippen molar-refractivity contribution in [3.05, 3.63) is 152 Å². The second kappa shape index (κ2) is 8.31. The first-order chi connectivity index (χ1) is 22.4. The summed E-state index contributed by atoms with van der Waals surface area (Å²) in [5.41, 5.74) is 11.1. The van der Waals surface area contributed by atoms with Crippen LogP contribution in [0.2, 0.25) is 0 Å². The minimum Gasteiger partial charge on any atom is -0.309 e. The van der Waals surface area contributed by atoms with Crippen LogP contribution in [-0.4, -0.2) is 13.5 Å². The molecule has 0 aliphatic heterocycles. The zero-order valence-corrected chi connectivity index (χ0v) is 24.3. The summed E-state index contributed by atoms with van der Waals surface area (Å²) in [6, 6.07) is 55.7. The fraction of sp³-hybridized carbons (Fsp3) is 0. The molecule has 0 amide bonds. The number of hydrogen-bond acceptors (Lipinski definition) is 0. The maximum Gasteiger partial charge on any atom is 0.0620 e. The van der Waals surface area contributed by atoms with Gasteiger partial charge in [0.05, 0.1) is 44.3 Å². The fourth-order valence-electron chi connectivity index (χ4n) is 8.21. The van der Waals surface area contributed by atoms with Crippen LogP contribution in [0.5, 0.6) is 0 Å². The molecule has 0 atom stereocenters. The SMILES string of the molecule is c1ccc2c(c1)c1ccccc1n2-c1cccc2c1c1ccccc1n2-c1ccc2c(c1)c1cccc3c4ccccc4n2c31. The maximum atomic E-state index is 2.45. The Morgan fingerprint density at radius 3 is 1.51 bits per heavy atom. The van der Waals surface area contributed by atoms with E-state index in [1.807, 2.05) is 0 Å². The summed E-state index contributed by atoms with van der Waals surface area (Å²) in [5, 5.41) is 10.3. The van der Waals surface area contributed by atoms with E-state index < -0.39 is 0 Å². The topological polar surface area (TPSA) is 14.3 Å². The lowest BCUT2D eigenvalue weighted by Crippen LogP contribution is -1.96. The van der Waals surface area contributed by atoms with E-state index in [9.17, 15) is 0 Å². The minimum atomic E-state index is 1.17. The number of rotatable bonds is 2. The Hall–Kier alpha value is -6.06. The van der Waals surface area contributed by atoms with Crippen LogP contribution >= 0.6 is 0 Å². The van der Waals surface area contributed by atoms with Gasteiger partial charge in [-0.25, -0.2) is 0 Å². The van der Waals surface area contributed by atoms with Crippen LogP contribution in [0.1, 0.15) is 0 Å². The van der Waals surface area contributed by atoms with Gasteiger partial charge < -0.3 is 13.5 Å². The summed E-state index contributed by atoms with van der Waals surface area (Å²) in [4.78, 5) is 0. The highest BCUT2D eigenvalue weighted by molar-refractivity contribution is 6.24. The van der Waals surface area contributed by atoms with Gasteiger partial charge in [0.25, 0.3) is 0 Å². The second-order valence-electron chi connectivity index (χ2n) is 12.1. The Kier molecular flexibility index (Phi) is 4.32. The highest BCUT2D eigenvalue weighted by Crippen LogP contribution is 2.42. The number of nitrogens with zero attached hydrogens (tertiary/aromatic N) is 3. The van der Waals surface area contributed by atoms with Crippen LogP contribution in [0.3, 0.4) is 0 Å². The molecule has 7 aromatic carbocycles. The summed E-state index contributed by atoms with van der Waals surface area (Å²) in [7, 11) is 0. The highest BCUT2D eigenvalue weighted by Gasteiger charge is 2.21. The number of hydrogen-bond donors (Lipinski definition) is 0. The average molecular weight is 572 g/mol. The predicted molar refractivity (Wildman–Crippen MR) is 190 cm³/mol. The first-order valence-electron chi connectivity index (χ1n) is 15.5. The average Bonchev–Trinajstić information content (AvgIpc) is 3.82. The third-order valence-corrected chi connectivity index (χ3v) is 9.96. The highest BCUT2D eigenvalue weighted by atomic mass is 15.0. The monoisotopic (exact) mass is 571 g/mol. The number of para-hydroxylation sites is 5. The van der Waals surface area contributed by atoms with Crippen LogP contribution < -0.4 is 0 Å². The molecular formula is C42H25N3. The molecule has 11 rings (SSSR count). The summed E-state index contributed by atoms with van der Waals surface area (Å²) < 4.78 is 7.35. The van der Waals surface area contributed by atoms with Gasteiger partial charge in [0.15, 0.2) is 0 Å². The Morgan fingerprint density at radius 2 is 0.800 bits per heavy atom. The minimum absolute atomic E-state index is 1.17. The van der Waals surface area contributed by atoms with Gasteiger partial charge >= 0.3 is 0 Å². The Labute approximate surface area is 257 Å². The lowest BCUT2D eigenvalue weighted by atomic mass is 10.1. The first-order valence-corrected chi connectivity index (χ1v) is 15.5. The van der Waals surface area contributed by atoms with Gasteiger partial charge in [0.1, 0.15) is 0 Å². The first kappa shape index (κ1) is 23.4. The van der Waals surface area contributed by atoms with Gasteiger partial charge in [-0.1, -0.05) is 97.1 Å². The molecule has 0 unspecified atom stereocenters. The van der Waals surface area contributed by atoms with Gasteiger partial charge in [-0.15, -0.1) is 0 Å². The quantitative estimate of drug-likeness (QED) is 0.196. The van der Waals surface area contributed by atoms with E-state index in [1.54, 1.807) is 0 Å². The van der Waals surface area contributed by atoms with Crippen LogP contribution in [0.15, 0.2) is 152 Å². The predicted octanol–water partition coefficient (Wildman–Crippen LogP) is 11.0. The van der Waals surface area contributed by atoms with Crippen LogP contribution in [-0.2, 0) is 0 Å². The van der Waals surface area contributed by atoms with E-state index in [-0.39, 0.29) is 0 Å². The lowest BCUT2D eigenvalue weighted by molar-refractivity contribution is 1.17. The van der Waals surface area contributed by atoms with Crippen LogP contribution in [0.25, 0.3) is 93.1 Å². The maximum absolute atomic E-state index is 2.45. The molecule has 0 aliphatic rings. The number of benzene rings is 7. The second-order valence-corrected chi connectivity index (χ2v) is 12.1. The Bertz CT molecular complexity index is 2930. The summed E-state index contributed by atoms with van der Waals surface area (Å²) in [6.45, 7) is 0. The molecule has 0 bridgehead atoms. The van der Waals surface area contributed by atoms with Crippen molar-refractivity contribution in [2.75, 3.05) is 0 Å². The molecule has 11 aromatic rings. The van der Waals surface area contributed by atoms with Gasteiger partial charge in [0, 0.05) is 48.8 Å². The van der Waals surface area contributed by atoms with Crippen molar-refractivity contribution in [2.45, 2.75) is 0 Å². The molecule has 0 saturated heterocycles. The molecule has 0 radical (unpaired) electrons. The molecular weight excluding hydrogens is 546 g/mol. The van der Waals surface area contributed by atoms with Gasteiger partial charge in [-0.2, -0.15) is 0 Å². The fourth-order valence-corrected chi connectivity index (χ4v) is 8.21. The zero-order chi connectivity index (χ0) is 29.2. The van der Waals surface area contributed by atoms with Crippen molar-refractivity contribution in [1.29, 1.82) is 0 Å². The Balaban J connectivity index is 1.25. The molecule has 0 N–H and O–H groups in total. The standard InChI is InChI=1S/C42H25N3/c1-5-17-34-27(11-1)28-12-2-6-18-35(28)44(34)40-22-10-21-39-41(40)32-14-4-8-20-37(32)43(39)26-23-24-38-33(25-26)31-16-9-15-30-29-13-3-7-19-36(29)45(38)42(30)31/h1-25H. The van der Waals surface area contributed by atoms with Gasteiger partial charge in [0.2, 0.25) is 0 Å². The molecule has 4 heterocycles. The van der Waals surface area contributed by atoms with E-state index in [1.165, 1.54) is 93.1 Å². The lowest BCUT2D eigenvalue weighted by Gasteiger charge is -2.12. The zero-order valence-electron chi connectivity index (χ0n) is 24.3. The molecule has 45 heavy (non-hydrogen) atoms. The molecule has 4 aromatic heterocycles. The summed E-state index contributed by atoms with van der Waals surface area (Å²) in [5.74, 6) is 0. The van der Waals surface area contributed by atoms with Crippen molar-refractivity contribution >= 4 is 81.7 Å². The summed E-state index contributed by atoms with van der Waals surface area (Å²) >= 11 is 0. The third kappa shape index (κ3) is 2.86. The van der Waals surface area contributed by atoms with Crippen molar-refractivity contribution < 1.29 is 0 Å². The van der Waals surface area contributed by atoms with E-state index in [0.29, 0.717) is 0 Å². The molecule has 3 heteroatoms. The smallest absolute Gasteiger partial charge is 0.0620 e. The largest absolute Gasteiger partial charge is 0.309 e. The van der Waals surface area contributed by atoms with E-state index in [0.717, 1.165) is 0 Å². The van der Waals surface area contributed by atoms with Gasteiger partial charge in [-0.05, 0) is 54.6 Å². The van der Waals surface area contributed by atoms with Crippen LogP contribution in [0.4, 0.5) is 0 Å². The number of fused-ring (bicyclic) bond motifs is 12. The van der Waals surface area contributed by atoms with Crippen molar-refractivity contribution in [1.82, 2.24) is 13.5 Å². The van der Waals surface area contributed by atoms with E-state index in [4.69, 9.17) is 0 Å². The van der Waals surface area contributed by atoms with Crippen molar-refractivity contribution in [3.8, 4) is 11.4 Å². The Morgan fingerprint density at radius 1 is 0.311 bits per heavy atom. The van der Waals surface area contributed by atoms with Gasteiger partial charge in [-0.3, -0.25) is 0 Å². The third-order valence-electron chi connectivity index (χ3n) is 9.96. The molecule has 0 fully saturated rings. The van der Waals surface area contributed by atoms with Crippen LogP contribution in [0, 0.1) is 0 Å². The molecule has 3 nitrogen and oxygen atoms in total. The normalized spacial score (nSPS) is 12.4. The molecule has 0 spiro atoms. The van der Waals surface area contributed by atoms with E-state index >= 15 is 0 Å². The van der Waals surface area contributed by atoms with Crippen molar-refractivity contribution in [3.63, 3.8) is 0 Å². The summed E-state index contributed by atoms with van der Waals surface area (Å²) in [6.07, 6.45) is 0.